The quantitative estimate of drug-likeness (QED) is 0.553. The highest BCUT2D eigenvalue weighted by atomic mass is 35.5. The van der Waals surface area contributed by atoms with E-state index in [9.17, 15) is 4.39 Å². The Labute approximate surface area is 185 Å². The van der Waals surface area contributed by atoms with Crippen molar-refractivity contribution in [2.75, 3.05) is 31.1 Å². The Balaban J connectivity index is 1.19. The molecule has 3 aromatic rings. The second kappa shape index (κ2) is 8.33. The van der Waals surface area contributed by atoms with Crippen LogP contribution in [-0.4, -0.2) is 51.9 Å². The molecule has 0 bridgehead atoms. The van der Waals surface area contributed by atoms with Gasteiger partial charge in [0, 0.05) is 55.9 Å². The zero-order valence-corrected chi connectivity index (χ0v) is 18.2. The summed E-state index contributed by atoms with van der Waals surface area (Å²) in [7, 11) is 0. The molecule has 1 saturated carbocycles. The van der Waals surface area contributed by atoms with Crippen molar-refractivity contribution in [3.63, 3.8) is 0 Å². The molecule has 30 heavy (non-hydrogen) atoms. The number of rotatable bonds is 3. The summed E-state index contributed by atoms with van der Waals surface area (Å²) in [6.45, 7) is 3.82. The SMILES string of the molecule is Fc1cccc2c1ccn2C1CCC(N2CCN(c3cc(Cl)nnc3Cl)CC2)CC1. The van der Waals surface area contributed by atoms with Gasteiger partial charge in [-0.05, 0) is 43.9 Å². The fraction of sp³-hybridized carbons (Fsp3) is 0.455. The van der Waals surface area contributed by atoms with Crippen molar-refractivity contribution in [2.45, 2.75) is 37.8 Å². The molecule has 0 atom stereocenters. The van der Waals surface area contributed by atoms with Gasteiger partial charge in [-0.2, -0.15) is 0 Å². The smallest absolute Gasteiger partial charge is 0.175 e. The monoisotopic (exact) mass is 447 g/mol. The average molecular weight is 448 g/mol. The van der Waals surface area contributed by atoms with E-state index in [-0.39, 0.29) is 5.82 Å². The Morgan fingerprint density at radius 1 is 0.900 bits per heavy atom. The van der Waals surface area contributed by atoms with Gasteiger partial charge in [0.05, 0.1) is 11.2 Å². The summed E-state index contributed by atoms with van der Waals surface area (Å²) < 4.78 is 16.3. The highest BCUT2D eigenvalue weighted by Gasteiger charge is 2.30. The van der Waals surface area contributed by atoms with Crippen molar-refractivity contribution in [1.29, 1.82) is 0 Å². The highest BCUT2D eigenvalue weighted by molar-refractivity contribution is 6.33. The van der Waals surface area contributed by atoms with Crippen LogP contribution in [0.15, 0.2) is 36.5 Å². The van der Waals surface area contributed by atoms with E-state index in [0.717, 1.165) is 55.6 Å². The van der Waals surface area contributed by atoms with Gasteiger partial charge in [0.1, 0.15) is 5.82 Å². The molecule has 0 amide bonds. The van der Waals surface area contributed by atoms with Crippen LogP contribution in [0.1, 0.15) is 31.7 Å². The van der Waals surface area contributed by atoms with E-state index in [1.807, 2.05) is 12.1 Å². The molecular formula is C22H24Cl2FN5. The van der Waals surface area contributed by atoms with Crippen LogP contribution in [0.2, 0.25) is 10.3 Å². The lowest BCUT2D eigenvalue weighted by atomic mass is 9.89. The van der Waals surface area contributed by atoms with Gasteiger partial charge in [-0.3, -0.25) is 4.90 Å². The van der Waals surface area contributed by atoms with Gasteiger partial charge >= 0.3 is 0 Å². The first-order chi connectivity index (χ1) is 14.6. The van der Waals surface area contributed by atoms with E-state index in [1.54, 1.807) is 12.1 Å². The number of anilines is 1. The third kappa shape index (κ3) is 3.77. The summed E-state index contributed by atoms with van der Waals surface area (Å²) in [4.78, 5) is 4.84. The van der Waals surface area contributed by atoms with Crippen LogP contribution in [0.4, 0.5) is 10.1 Å². The number of hydrogen-bond donors (Lipinski definition) is 0. The van der Waals surface area contributed by atoms with Crippen LogP contribution in [0.3, 0.4) is 0 Å². The first kappa shape index (κ1) is 20.0. The van der Waals surface area contributed by atoms with Gasteiger partial charge in [-0.25, -0.2) is 4.39 Å². The maximum atomic E-state index is 14.0. The van der Waals surface area contributed by atoms with Gasteiger partial charge in [-0.1, -0.05) is 29.3 Å². The molecule has 0 N–H and O–H groups in total. The number of fused-ring (bicyclic) bond motifs is 1. The molecule has 2 aromatic heterocycles. The molecule has 2 aliphatic rings. The zero-order valence-electron chi connectivity index (χ0n) is 16.6. The second-order valence-corrected chi connectivity index (χ2v) is 8.97. The summed E-state index contributed by atoms with van der Waals surface area (Å²) in [5.41, 5.74) is 1.88. The molecule has 2 fully saturated rings. The first-order valence-corrected chi connectivity index (χ1v) is 11.3. The van der Waals surface area contributed by atoms with Crippen molar-refractivity contribution >= 4 is 39.8 Å². The van der Waals surface area contributed by atoms with Crippen molar-refractivity contribution in [3.8, 4) is 0 Å². The predicted molar refractivity (Wildman–Crippen MR) is 119 cm³/mol. The van der Waals surface area contributed by atoms with Gasteiger partial charge in [0.25, 0.3) is 0 Å². The third-order valence-corrected chi connectivity index (χ3v) is 7.10. The molecule has 5 nitrogen and oxygen atoms in total. The fourth-order valence-corrected chi connectivity index (χ4v) is 5.42. The minimum atomic E-state index is -0.136. The molecule has 1 aromatic carbocycles. The molecule has 5 rings (SSSR count). The molecule has 1 saturated heterocycles. The minimum absolute atomic E-state index is 0.136. The normalized spacial score (nSPS) is 23.2. The third-order valence-electron chi connectivity index (χ3n) is 6.64. The van der Waals surface area contributed by atoms with E-state index >= 15 is 0 Å². The van der Waals surface area contributed by atoms with Crippen molar-refractivity contribution in [3.05, 3.63) is 52.7 Å². The topological polar surface area (TPSA) is 37.2 Å². The van der Waals surface area contributed by atoms with E-state index < -0.39 is 0 Å². The van der Waals surface area contributed by atoms with Gasteiger partial charge in [0.15, 0.2) is 10.3 Å². The van der Waals surface area contributed by atoms with Crippen LogP contribution in [0.5, 0.6) is 0 Å². The van der Waals surface area contributed by atoms with Gasteiger partial charge in [-0.15, -0.1) is 10.2 Å². The maximum Gasteiger partial charge on any atom is 0.175 e. The molecule has 0 radical (unpaired) electrons. The van der Waals surface area contributed by atoms with Crippen LogP contribution in [-0.2, 0) is 0 Å². The lowest BCUT2D eigenvalue weighted by molar-refractivity contribution is 0.131. The van der Waals surface area contributed by atoms with Crippen molar-refractivity contribution in [1.82, 2.24) is 19.7 Å². The van der Waals surface area contributed by atoms with E-state index in [0.29, 0.717) is 22.4 Å². The van der Waals surface area contributed by atoms with Crippen LogP contribution < -0.4 is 4.90 Å². The Morgan fingerprint density at radius 2 is 1.63 bits per heavy atom. The Hall–Kier alpha value is -1.89. The molecule has 8 heteroatoms. The number of aromatic nitrogens is 3. The molecule has 1 aliphatic heterocycles. The summed E-state index contributed by atoms with van der Waals surface area (Å²) in [5.74, 6) is -0.136. The number of nitrogens with zero attached hydrogens (tertiary/aromatic N) is 5. The van der Waals surface area contributed by atoms with Crippen LogP contribution >= 0.6 is 23.2 Å². The molecule has 0 unspecified atom stereocenters. The summed E-state index contributed by atoms with van der Waals surface area (Å²) in [5, 5.41) is 9.22. The van der Waals surface area contributed by atoms with Crippen LogP contribution in [0.25, 0.3) is 10.9 Å². The largest absolute Gasteiger partial charge is 0.366 e. The summed E-state index contributed by atoms with van der Waals surface area (Å²) in [6, 6.07) is 10.1. The predicted octanol–water partition coefficient (Wildman–Crippen LogP) is 5.18. The summed E-state index contributed by atoms with van der Waals surface area (Å²) >= 11 is 12.2. The van der Waals surface area contributed by atoms with E-state index in [2.05, 4.69) is 30.8 Å². The second-order valence-electron chi connectivity index (χ2n) is 8.22. The lowest BCUT2D eigenvalue weighted by Gasteiger charge is -2.43. The molecule has 158 valence electrons. The fourth-order valence-electron chi connectivity index (χ4n) is 5.06. The average Bonchev–Trinajstić information content (AvgIpc) is 3.21. The van der Waals surface area contributed by atoms with Crippen LogP contribution in [0, 0.1) is 5.82 Å². The van der Waals surface area contributed by atoms with Gasteiger partial charge in [0.2, 0.25) is 0 Å². The Kier molecular flexibility index (Phi) is 5.56. The van der Waals surface area contributed by atoms with E-state index in [4.69, 9.17) is 23.2 Å². The Bertz CT molecular complexity index is 1040. The maximum absolute atomic E-state index is 14.0. The minimum Gasteiger partial charge on any atom is -0.366 e. The van der Waals surface area contributed by atoms with E-state index in [1.165, 1.54) is 18.9 Å². The molecule has 3 heterocycles. The number of halogens is 3. The number of piperazine rings is 1. The standard InChI is InChI=1S/C22H24Cl2FN5/c23-21-14-20(22(24)27-26-21)29-12-10-28(11-13-29)15-4-6-16(7-5-15)30-9-8-17-18(25)2-1-3-19(17)30/h1-3,8-9,14-16H,4-7,10-13H2. The number of benzene rings is 1. The first-order valence-electron chi connectivity index (χ1n) is 10.5. The van der Waals surface area contributed by atoms with Crippen molar-refractivity contribution in [2.24, 2.45) is 0 Å². The molecular weight excluding hydrogens is 424 g/mol. The lowest BCUT2D eigenvalue weighted by Crippen LogP contribution is -2.51. The Morgan fingerprint density at radius 3 is 2.40 bits per heavy atom. The van der Waals surface area contributed by atoms with Gasteiger partial charge < -0.3 is 9.47 Å². The summed E-state index contributed by atoms with van der Waals surface area (Å²) in [6.07, 6.45) is 6.64. The molecule has 1 aliphatic carbocycles. The number of hydrogen-bond acceptors (Lipinski definition) is 4. The van der Waals surface area contributed by atoms with Crippen molar-refractivity contribution < 1.29 is 4.39 Å². The molecule has 0 spiro atoms. The highest BCUT2D eigenvalue weighted by Crippen LogP contribution is 2.35. The zero-order chi connectivity index (χ0) is 20.7.